The fraction of sp³-hybridized carbons (Fsp3) is 0. The SMILES string of the molecule is Ic1cc(-c2cccc(-c3ccccc3)c2)nc(-c2ccc3sc4ccccc4c3c2)n1. The van der Waals surface area contributed by atoms with Gasteiger partial charge in [0.1, 0.15) is 3.70 Å². The van der Waals surface area contributed by atoms with Crippen LogP contribution in [-0.4, -0.2) is 9.97 Å². The Balaban J connectivity index is 1.46. The third kappa shape index (κ3) is 3.59. The van der Waals surface area contributed by atoms with E-state index < -0.39 is 0 Å². The topological polar surface area (TPSA) is 25.8 Å². The van der Waals surface area contributed by atoms with Crippen molar-refractivity contribution in [1.82, 2.24) is 9.97 Å². The zero-order valence-corrected chi connectivity index (χ0v) is 20.0. The second-order valence-corrected chi connectivity index (χ2v) is 9.84. The Morgan fingerprint density at radius 1 is 0.531 bits per heavy atom. The summed E-state index contributed by atoms with van der Waals surface area (Å²) in [6.45, 7) is 0. The first kappa shape index (κ1) is 19.6. The third-order valence-electron chi connectivity index (χ3n) is 5.60. The van der Waals surface area contributed by atoms with E-state index in [0.717, 1.165) is 26.3 Å². The summed E-state index contributed by atoms with van der Waals surface area (Å²) in [5.74, 6) is 0.759. The normalized spacial score (nSPS) is 11.3. The van der Waals surface area contributed by atoms with E-state index in [1.54, 1.807) is 0 Å². The molecule has 0 bridgehead atoms. The number of hydrogen-bond acceptors (Lipinski definition) is 3. The van der Waals surface area contributed by atoms with Gasteiger partial charge in [-0.2, -0.15) is 0 Å². The molecule has 4 aromatic carbocycles. The molecule has 6 rings (SSSR count). The highest BCUT2D eigenvalue weighted by Crippen LogP contribution is 2.36. The molecule has 2 nitrogen and oxygen atoms in total. The van der Waals surface area contributed by atoms with Gasteiger partial charge in [0.05, 0.1) is 5.69 Å². The number of hydrogen-bond donors (Lipinski definition) is 0. The maximum Gasteiger partial charge on any atom is 0.160 e. The zero-order chi connectivity index (χ0) is 21.5. The van der Waals surface area contributed by atoms with Gasteiger partial charge in [0, 0.05) is 31.3 Å². The summed E-state index contributed by atoms with van der Waals surface area (Å²) in [4.78, 5) is 9.73. The predicted octanol–water partition coefficient (Wildman–Crippen LogP) is 8.45. The van der Waals surface area contributed by atoms with Crippen LogP contribution in [0.5, 0.6) is 0 Å². The molecule has 0 aliphatic rings. The van der Waals surface area contributed by atoms with Gasteiger partial charge in [-0.25, -0.2) is 9.97 Å². The van der Waals surface area contributed by atoms with Crippen molar-refractivity contribution in [2.75, 3.05) is 0 Å². The highest BCUT2D eigenvalue weighted by molar-refractivity contribution is 14.1. The molecule has 0 N–H and O–H groups in total. The van der Waals surface area contributed by atoms with Crippen LogP contribution in [0.3, 0.4) is 0 Å². The van der Waals surface area contributed by atoms with Crippen LogP contribution in [0, 0.1) is 3.70 Å². The van der Waals surface area contributed by atoms with E-state index in [9.17, 15) is 0 Å². The monoisotopic (exact) mass is 540 g/mol. The highest BCUT2D eigenvalue weighted by atomic mass is 127. The van der Waals surface area contributed by atoms with Crippen LogP contribution in [0.2, 0.25) is 0 Å². The maximum absolute atomic E-state index is 4.97. The standard InChI is InChI=1S/C28H17IN2S/c29-27-17-24(20-10-6-9-19(15-20)18-7-2-1-3-8-18)30-28(31-27)21-13-14-26-23(16-21)22-11-4-5-12-25(22)32-26/h1-17H. The number of nitrogens with zero attached hydrogens (tertiary/aromatic N) is 2. The Morgan fingerprint density at radius 3 is 2.19 bits per heavy atom. The van der Waals surface area contributed by atoms with E-state index in [1.807, 2.05) is 23.5 Å². The minimum Gasteiger partial charge on any atom is -0.228 e. The smallest absolute Gasteiger partial charge is 0.160 e. The molecule has 2 heterocycles. The Hall–Kier alpha value is -3.09. The molecule has 152 valence electrons. The number of thiophene rings is 1. The van der Waals surface area contributed by atoms with Crippen LogP contribution in [0.25, 0.3) is 53.9 Å². The van der Waals surface area contributed by atoms with Gasteiger partial charge < -0.3 is 0 Å². The lowest BCUT2D eigenvalue weighted by atomic mass is 10.0. The second-order valence-electron chi connectivity index (χ2n) is 7.66. The molecule has 32 heavy (non-hydrogen) atoms. The number of fused-ring (bicyclic) bond motifs is 3. The molecule has 0 saturated heterocycles. The summed E-state index contributed by atoms with van der Waals surface area (Å²) in [5.41, 5.74) is 5.46. The van der Waals surface area contributed by atoms with Crippen LogP contribution in [-0.2, 0) is 0 Å². The molecule has 0 unspecified atom stereocenters. The van der Waals surface area contributed by atoms with Gasteiger partial charge in [-0.1, -0.05) is 66.7 Å². The number of halogens is 1. The van der Waals surface area contributed by atoms with Gasteiger partial charge in [-0.05, 0) is 70.1 Å². The Morgan fingerprint density at radius 2 is 1.28 bits per heavy atom. The van der Waals surface area contributed by atoms with E-state index in [4.69, 9.17) is 9.97 Å². The summed E-state index contributed by atoms with van der Waals surface area (Å²) in [7, 11) is 0. The van der Waals surface area contributed by atoms with Gasteiger partial charge in [-0.3, -0.25) is 0 Å². The minimum atomic E-state index is 0.759. The van der Waals surface area contributed by atoms with Gasteiger partial charge in [0.2, 0.25) is 0 Å². The molecule has 6 aromatic rings. The number of aromatic nitrogens is 2. The molecule has 0 aliphatic heterocycles. The van der Waals surface area contributed by atoms with Crippen molar-refractivity contribution in [2.24, 2.45) is 0 Å². The second kappa shape index (κ2) is 8.11. The van der Waals surface area contributed by atoms with Crippen molar-refractivity contribution < 1.29 is 0 Å². The van der Waals surface area contributed by atoms with Gasteiger partial charge >= 0.3 is 0 Å². The Labute approximate surface area is 203 Å². The zero-order valence-electron chi connectivity index (χ0n) is 17.0. The van der Waals surface area contributed by atoms with Crippen LogP contribution in [0.4, 0.5) is 0 Å². The molecule has 4 heteroatoms. The lowest BCUT2D eigenvalue weighted by Crippen LogP contribution is -1.95. The van der Waals surface area contributed by atoms with Crippen LogP contribution in [0.1, 0.15) is 0 Å². The summed E-state index contributed by atoms with van der Waals surface area (Å²) in [6.07, 6.45) is 0. The summed E-state index contributed by atoms with van der Waals surface area (Å²) >= 11 is 4.11. The number of benzene rings is 4. The predicted molar refractivity (Wildman–Crippen MR) is 144 cm³/mol. The largest absolute Gasteiger partial charge is 0.228 e. The van der Waals surface area contributed by atoms with E-state index in [1.165, 1.54) is 31.3 Å². The number of rotatable bonds is 3. The molecular weight excluding hydrogens is 523 g/mol. The fourth-order valence-corrected chi connectivity index (χ4v) is 5.66. The van der Waals surface area contributed by atoms with Crippen molar-refractivity contribution in [3.05, 3.63) is 107 Å². The molecular formula is C28H17IN2S. The molecule has 0 spiro atoms. The van der Waals surface area contributed by atoms with Crippen LogP contribution < -0.4 is 0 Å². The molecule has 2 aromatic heterocycles. The highest BCUT2D eigenvalue weighted by Gasteiger charge is 2.11. The molecule has 0 fully saturated rings. The van der Waals surface area contributed by atoms with Crippen LogP contribution in [0.15, 0.2) is 103 Å². The van der Waals surface area contributed by atoms with E-state index in [2.05, 4.69) is 114 Å². The first-order valence-corrected chi connectivity index (χ1v) is 12.3. The van der Waals surface area contributed by atoms with Crippen molar-refractivity contribution in [2.45, 2.75) is 0 Å². The fourth-order valence-electron chi connectivity index (χ4n) is 4.05. The van der Waals surface area contributed by atoms with Gasteiger partial charge in [0.25, 0.3) is 0 Å². The maximum atomic E-state index is 4.97. The third-order valence-corrected chi connectivity index (χ3v) is 7.30. The van der Waals surface area contributed by atoms with Crippen LogP contribution >= 0.6 is 33.9 Å². The average molecular weight is 540 g/mol. The minimum absolute atomic E-state index is 0.759. The first-order valence-electron chi connectivity index (χ1n) is 10.4. The lowest BCUT2D eigenvalue weighted by molar-refractivity contribution is 1.15. The van der Waals surface area contributed by atoms with Crippen molar-refractivity contribution in [3.8, 4) is 33.8 Å². The molecule has 0 saturated carbocycles. The quantitative estimate of drug-likeness (QED) is 0.166. The van der Waals surface area contributed by atoms with Gasteiger partial charge in [0.15, 0.2) is 5.82 Å². The van der Waals surface area contributed by atoms with E-state index in [0.29, 0.717) is 0 Å². The lowest BCUT2D eigenvalue weighted by Gasteiger charge is -2.08. The van der Waals surface area contributed by atoms with E-state index in [-0.39, 0.29) is 0 Å². The molecule has 0 atom stereocenters. The summed E-state index contributed by atoms with van der Waals surface area (Å²) < 4.78 is 3.53. The van der Waals surface area contributed by atoms with Gasteiger partial charge in [-0.15, -0.1) is 11.3 Å². The summed E-state index contributed by atoms with van der Waals surface area (Å²) in [6, 6.07) is 36.2. The first-order chi connectivity index (χ1) is 15.7. The van der Waals surface area contributed by atoms with Crippen molar-refractivity contribution >= 4 is 54.1 Å². The molecule has 0 amide bonds. The van der Waals surface area contributed by atoms with Crippen molar-refractivity contribution in [3.63, 3.8) is 0 Å². The molecule has 0 aliphatic carbocycles. The molecule has 0 radical (unpaired) electrons. The average Bonchev–Trinajstić information content (AvgIpc) is 3.22. The Bertz CT molecular complexity index is 1590. The van der Waals surface area contributed by atoms with Crippen molar-refractivity contribution in [1.29, 1.82) is 0 Å². The Kier molecular flexibility index (Phi) is 4.97. The summed E-state index contributed by atoms with van der Waals surface area (Å²) in [5, 5.41) is 2.55. The van der Waals surface area contributed by atoms with E-state index >= 15 is 0 Å².